The molecule has 0 atom stereocenters. The number of imidazole rings is 1. The standard InChI is InChI=1S/C22H24N4O3S/c1-16(2)13-25-14-19-21(22(27)24(3)17-9-5-4-6-10-17)23-15-26(19)18-11-7-8-12-20(18)30(25,28)29/h4-12,15-16H,13-14H2,1-3H3. The van der Waals surface area contributed by atoms with Crippen molar-refractivity contribution in [2.75, 3.05) is 18.5 Å². The van der Waals surface area contributed by atoms with E-state index in [2.05, 4.69) is 4.98 Å². The van der Waals surface area contributed by atoms with Gasteiger partial charge in [0.1, 0.15) is 11.2 Å². The Morgan fingerprint density at radius 2 is 1.77 bits per heavy atom. The third-order valence-electron chi connectivity index (χ3n) is 5.15. The van der Waals surface area contributed by atoms with Crippen molar-refractivity contribution in [3.05, 3.63) is 72.3 Å². The number of aromatic nitrogens is 2. The lowest BCUT2D eigenvalue weighted by Gasteiger charge is -2.22. The van der Waals surface area contributed by atoms with Crippen LogP contribution in [0.2, 0.25) is 0 Å². The molecule has 2 aromatic carbocycles. The molecule has 0 saturated heterocycles. The number of para-hydroxylation sites is 2. The Bertz CT molecular complexity index is 1190. The van der Waals surface area contributed by atoms with Crippen molar-refractivity contribution >= 4 is 21.6 Å². The van der Waals surface area contributed by atoms with Crippen LogP contribution in [0.5, 0.6) is 0 Å². The van der Waals surface area contributed by atoms with Crippen molar-refractivity contribution in [3.8, 4) is 5.69 Å². The zero-order valence-corrected chi connectivity index (χ0v) is 18.0. The summed E-state index contributed by atoms with van der Waals surface area (Å²) in [6.07, 6.45) is 1.54. The van der Waals surface area contributed by atoms with Gasteiger partial charge >= 0.3 is 0 Å². The molecular formula is C22H24N4O3S. The Morgan fingerprint density at radius 1 is 1.10 bits per heavy atom. The summed E-state index contributed by atoms with van der Waals surface area (Å²) in [5, 5.41) is 0. The molecule has 0 unspecified atom stereocenters. The minimum atomic E-state index is -3.71. The van der Waals surface area contributed by atoms with Crippen molar-refractivity contribution in [1.82, 2.24) is 13.9 Å². The monoisotopic (exact) mass is 424 g/mol. The summed E-state index contributed by atoms with van der Waals surface area (Å²) in [5.41, 5.74) is 2.07. The second-order valence-corrected chi connectivity index (χ2v) is 9.68. The Labute approximate surface area is 176 Å². The highest BCUT2D eigenvalue weighted by Gasteiger charge is 2.35. The maximum Gasteiger partial charge on any atom is 0.278 e. The fourth-order valence-corrected chi connectivity index (χ4v) is 5.42. The molecule has 0 saturated carbocycles. The summed E-state index contributed by atoms with van der Waals surface area (Å²) in [4.78, 5) is 19.4. The number of sulfonamides is 1. The van der Waals surface area contributed by atoms with Gasteiger partial charge in [0.2, 0.25) is 10.0 Å². The lowest BCUT2D eigenvalue weighted by atomic mass is 10.2. The molecule has 0 radical (unpaired) electrons. The van der Waals surface area contributed by atoms with Crippen molar-refractivity contribution in [1.29, 1.82) is 0 Å². The van der Waals surface area contributed by atoms with Crippen LogP contribution in [0.4, 0.5) is 5.69 Å². The number of nitrogens with zero attached hydrogens (tertiary/aromatic N) is 4. The average Bonchev–Trinajstić information content (AvgIpc) is 3.12. The topological polar surface area (TPSA) is 75.5 Å². The van der Waals surface area contributed by atoms with Crippen LogP contribution in [0.15, 0.2) is 65.8 Å². The van der Waals surface area contributed by atoms with E-state index < -0.39 is 10.0 Å². The molecule has 0 spiro atoms. The van der Waals surface area contributed by atoms with Gasteiger partial charge in [0, 0.05) is 19.3 Å². The average molecular weight is 425 g/mol. The quantitative estimate of drug-likeness (QED) is 0.644. The van der Waals surface area contributed by atoms with Gasteiger partial charge in [-0.05, 0) is 30.2 Å². The lowest BCUT2D eigenvalue weighted by molar-refractivity contribution is 0.0987. The van der Waals surface area contributed by atoms with E-state index >= 15 is 0 Å². The number of amides is 1. The molecule has 1 aliphatic rings. The van der Waals surface area contributed by atoms with Crippen LogP contribution >= 0.6 is 0 Å². The summed E-state index contributed by atoms with van der Waals surface area (Å²) in [7, 11) is -2.02. The molecule has 1 amide bonds. The molecule has 0 aliphatic carbocycles. The zero-order chi connectivity index (χ0) is 21.5. The summed E-state index contributed by atoms with van der Waals surface area (Å²) in [5.74, 6) is -0.149. The lowest BCUT2D eigenvalue weighted by Crippen LogP contribution is -2.34. The molecule has 1 aromatic heterocycles. The second-order valence-electron chi connectivity index (χ2n) is 7.77. The van der Waals surface area contributed by atoms with Crippen LogP contribution in [0.1, 0.15) is 30.0 Å². The highest BCUT2D eigenvalue weighted by atomic mass is 32.2. The van der Waals surface area contributed by atoms with E-state index in [1.807, 2.05) is 44.2 Å². The van der Waals surface area contributed by atoms with Gasteiger partial charge in [0.15, 0.2) is 5.69 Å². The molecule has 1 aliphatic heterocycles. The number of rotatable bonds is 4. The second kappa shape index (κ2) is 7.70. The van der Waals surface area contributed by atoms with Crippen LogP contribution in [0.25, 0.3) is 5.69 Å². The van der Waals surface area contributed by atoms with Gasteiger partial charge in [0.25, 0.3) is 5.91 Å². The predicted molar refractivity (Wildman–Crippen MR) is 115 cm³/mol. The molecule has 0 bridgehead atoms. The van der Waals surface area contributed by atoms with Gasteiger partial charge in [-0.2, -0.15) is 4.31 Å². The van der Waals surface area contributed by atoms with E-state index in [0.29, 0.717) is 17.9 Å². The largest absolute Gasteiger partial charge is 0.310 e. The Balaban J connectivity index is 1.85. The van der Waals surface area contributed by atoms with Gasteiger partial charge in [-0.25, -0.2) is 13.4 Å². The van der Waals surface area contributed by atoms with E-state index in [4.69, 9.17) is 0 Å². The normalized spacial score (nSPS) is 15.3. The smallest absolute Gasteiger partial charge is 0.278 e. The van der Waals surface area contributed by atoms with Gasteiger partial charge in [-0.15, -0.1) is 0 Å². The Kier molecular flexibility index (Phi) is 5.21. The number of anilines is 1. The molecular weight excluding hydrogens is 400 g/mol. The third kappa shape index (κ3) is 3.42. The van der Waals surface area contributed by atoms with Crippen molar-refractivity contribution in [2.45, 2.75) is 25.3 Å². The summed E-state index contributed by atoms with van der Waals surface area (Å²) < 4.78 is 29.9. The van der Waals surface area contributed by atoms with Crippen molar-refractivity contribution < 1.29 is 13.2 Å². The molecule has 0 N–H and O–H groups in total. The minimum absolute atomic E-state index is 0.0822. The van der Waals surface area contributed by atoms with Crippen LogP contribution in [0.3, 0.4) is 0 Å². The van der Waals surface area contributed by atoms with Crippen LogP contribution in [-0.2, 0) is 16.6 Å². The van der Waals surface area contributed by atoms with Crippen LogP contribution < -0.4 is 4.90 Å². The molecule has 156 valence electrons. The maximum absolute atomic E-state index is 13.4. The van der Waals surface area contributed by atoms with Gasteiger partial charge in [-0.3, -0.25) is 9.36 Å². The number of fused-ring (bicyclic) bond motifs is 3. The fourth-order valence-electron chi connectivity index (χ4n) is 3.67. The van der Waals surface area contributed by atoms with Crippen LogP contribution in [-0.4, -0.2) is 41.8 Å². The predicted octanol–water partition coefficient (Wildman–Crippen LogP) is 3.31. The van der Waals surface area contributed by atoms with E-state index in [1.165, 1.54) is 15.5 Å². The number of carbonyl (C=O) groups is 1. The molecule has 8 heteroatoms. The van der Waals surface area contributed by atoms with E-state index in [9.17, 15) is 13.2 Å². The third-order valence-corrected chi connectivity index (χ3v) is 7.01. The SMILES string of the molecule is CC(C)CN1Cc2c(C(=O)N(C)c3ccccc3)ncn2-c2ccccc2S1(=O)=O. The van der Waals surface area contributed by atoms with Crippen molar-refractivity contribution in [2.24, 2.45) is 5.92 Å². The summed E-state index contributed by atoms with van der Waals surface area (Å²) in [6.45, 7) is 4.38. The first-order chi connectivity index (χ1) is 14.3. The van der Waals surface area contributed by atoms with E-state index in [0.717, 1.165) is 5.69 Å². The number of benzene rings is 2. The Hall–Kier alpha value is -2.97. The van der Waals surface area contributed by atoms with E-state index in [1.54, 1.807) is 35.9 Å². The van der Waals surface area contributed by atoms with E-state index in [-0.39, 0.29) is 29.0 Å². The summed E-state index contributed by atoms with van der Waals surface area (Å²) in [6, 6.07) is 16.1. The fraction of sp³-hybridized carbons (Fsp3) is 0.273. The minimum Gasteiger partial charge on any atom is -0.310 e. The van der Waals surface area contributed by atoms with Crippen LogP contribution in [0, 0.1) is 5.92 Å². The maximum atomic E-state index is 13.4. The molecule has 30 heavy (non-hydrogen) atoms. The first-order valence-corrected chi connectivity index (χ1v) is 11.2. The molecule has 3 aromatic rings. The number of carbonyl (C=O) groups excluding carboxylic acids is 1. The van der Waals surface area contributed by atoms with Gasteiger partial charge in [-0.1, -0.05) is 44.2 Å². The zero-order valence-electron chi connectivity index (χ0n) is 17.2. The number of hydrogen-bond donors (Lipinski definition) is 0. The molecule has 2 heterocycles. The Morgan fingerprint density at radius 3 is 2.47 bits per heavy atom. The first-order valence-electron chi connectivity index (χ1n) is 9.79. The highest BCUT2D eigenvalue weighted by Crippen LogP contribution is 2.32. The molecule has 7 nitrogen and oxygen atoms in total. The van der Waals surface area contributed by atoms with Gasteiger partial charge < -0.3 is 4.90 Å². The highest BCUT2D eigenvalue weighted by molar-refractivity contribution is 7.89. The van der Waals surface area contributed by atoms with Crippen molar-refractivity contribution in [3.63, 3.8) is 0 Å². The summed E-state index contributed by atoms with van der Waals surface area (Å²) >= 11 is 0. The molecule has 4 rings (SSSR count). The van der Waals surface area contributed by atoms with Gasteiger partial charge in [0.05, 0.1) is 17.9 Å². The number of hydrogen-bond acceptors (Lipinski definition) is 4. The molecule has 0 fully saturated rings. The first kappa shape index (κ1) is 20.3.